The highest BCUT2D eigenvalue weighted by molar-refractivity contribution is 7.99. The van der Waals surface area contributed by atoms with Crippen molar-refractivity contribution in [3.63, 3.8) is 0 Å². The zero-order valence-electron chi connectivity index (χ0n) is 16.6. The van der Waals surface area contributed by atoms with Crippen LogP contribution in [0.1, 0.15) is 31.4 Å². The van der Waals surface area contributed by atoms with Gasteiger partial charge in [-0.15, -0.1) is 0 Å². The summed E-state index contributed by atoms with van der Waals surface area (Å²) < 4.78 is 0.104. The number of benzene rings is 1. The molecular weight excluding hydrogens is 344 g/mol. The second kappa shape index (κ2) is 9.31. The van der Waals surface area contributed by atoms with Crippen molar-refractivity contribution in [1.82, 2.24) is 15.5 Å². The number of fused-ring (bicyclic) bond motifs is 1. The molecule has 0 saturated carbocycles. The molecule has 1 aliphatic carbocycles. The van der Waals surface area contributed by atoms with Gasteiger partial charge in [0.15, 0.2) is 5.96 Å². The van der Waals surface area contributed by atoms with Crippen molar-refractivity contribution in [1.29, 1.82) is 0 Å². The Morgan fingerprint density at radius 1 is 1.31 bits per heavy atom. The van der Waals surface area contributed by atoms with Crippen LogP contribution in [0.4, 0.5) is 0 Å². The monoisotopic (exact) mass is 376 g/mol. The van der Waals surface area contributed by atoms with E-state index in [1.807, 2.05) is 11.8 Å². The lowest BCUT2D eigenvalue weighted by Gasteiger charge is -2.29. The first-order valence-corrected chi connectivity index (χ1v) is 10.4. The van der Waals surface area contributed by atoms with Gasteiger partial charge in [-0.25, -0.2) is 4.99 Å². The topological polar surface area (TPSA) is 56.7 Å². The fourth-order valence-electron chi connectivity index (χ4n) is 2.82. The first-order chi connectivity index (χ1) is 12.3. The molecule has 1 aliphatic rings. The van der Waals surface area contributed by atoms with Gasteiger partial charge in [0.2, 0.25) is 5.91 Å². The minimum absolute atomic E-state index is 0.00390. The molecule has 0 aromatic heterocycles. The summed E-state index contributed by atoms with van der Waals surface area (Å²) in [6, 6.07) is 8.97. The molecule has 144 valence electrons. The number of aliphatic imine (C=N–C) groups is 1. The van der Waals surface area contributed by atoms with Crippen molar-refractivity contribution >= 4 is 23.6 Å². The van der Waals surface area contributed by atoms with Gasteiger partial charge in [-0.2, -0.15) is 11.8 Å². The summed E-state index contributed by atoms with van der Waals surface area (Å²) in [7, 11) is 3.51. The van der Waals surface area contributed by atoms with Crippen molar-refractivity contribution < 1.29 is 4.79 Å². The van der Waals surface area contributed by atoms with Gasteiger partial charge >= 0.3 is 0 Å². The van der Waals surface area contributed by atoms with Gasteiger partial charge in [-0.1, -0.05) is 24.3 Å². The summed E-state index contributed by atoms with van der Waals surface area (Å²) in [5.74, 6) is 0.732. The lowest BCUT2D eigenvalue weighted by atomic mass is 9.88. The standard InChI is InChI=1S/C20H32N4OS/c1-20(2,26-5)14-22-19(21-13-18(25)24(3)4)23-17-11-10-15-8-6-7-9-16(15)12-17/h6-9,17H,10-14H2,1-5H3,(H2,21,22,23). The molecule has 0 bridgehead atoms. The van der Waals surface area contributed by atoms with Crippen LogP contribution in [0.3, 0.4) is 0 Å². The smallest absolute Gasteiger partial charge is 0.243 e. The zero-order valence-corrected chi connectivity index (χ0v) is 17.4. The van der Waals surface area contributed by atoms with Crippen LogP contribution in [0.15, 0.2) is 29.3 Å². The Morgan fingerprint density at radius 2 is 2.00 bits per heavy atom. The number of carbonyl (C=O) groups excluding carboxylic acids is 1. The number of guanidine groups is 1. The molecule has 0 radical (unpaired) electrons. The van der Waals surface area contributed by atoms with Crippen LogP contribution in [-0.4, -0.2) is 61.0 Å². The van der Waals surface area contributed by atoms with Crippen LogP contribution < -0.4 is 10.6 Å². The molecule has 1 aromatic carbocycles. The van der Waals surface area contributed by atoms with E-state index in [1.54, 1.807) is 19.0 Å². The summed E-state index contributed by atoms with van der Waals surface area (Å²) in [5, 5.41) is 6.97. The summed E-state index contributed by atoms with van der Waals surface area (Å²) in [6.45, 7) is 5.35. The molecule has 5 nitrogen and oxygen atoms in total. The minimum atomic E-state index is 0.00390. The Hall–Kier alpha value is -1.69. The molecule has 2 N–H and O–H groups in total. The number of hydrogen-bond donors (Lipinski definition) is 2. The maximum absolute atomic E-state index is 11.9. The van der Waals surface area contributed by atoms with E-state index in [2.05, 4.69) is 60.0 Å². The number of nitrogens with one attached hydrogen (secondary N) is 2. The molecule has 1 amide bonds. The van der Waals surface area contributed by atoms with Crippen LogP contribution in [-0.2, 0) is 17.6 Å². The van der Waals surface area contributed by atoms with E-state index in [1.165, 1.54) is 11.1 Å². The largest absolute Gasteiger partial charge is 0.355 e. The lowest BCUT2D eigenvalue weighted by Crippen LogP contribution is -2.49. The van der Waals surface area contributed by atoms with Crippen molar-refractivity contribution in [2.45, 2.75) is 43.9 Å². The van der Waals surface area contributed by atoms with Crippen LogP contribution in [0.25, 0.3) is 0 Å². The Balaban J connectivity index is 2.03. The van der Waals surface area contributed by atoms with Crippen LogP contribution in [0.2, 0.25) is 0 Å². The predicted octanol–water partition coefficient (Wildman–Crippen LogP) is 2.31. The second-order valence-electron chi connectivity index (χ2n) is 7.62. The maximum Gasteiger partial charge on any atom is 0.243 e. The maximum atomic E-state index is 11.9. The first kappa shape index (κ1) is 20.6. The highest BCUT2D eigenvalue weighted by Gasteiger charge is 2.21. The molecule has 2 rings (SSSR count). The molecule has 26 heavy (non-hydrogen) atoms. The second-order valence-corrected chi connectivity index (χ2v) is 9.14. The normalized spacial score (nSPS) is 17.4. The number of hydrogen-bond acceptors (Lipinski definition) is 3. The van der Waals surface area contributed by atoms with Crippen LogP contribution in [0.5, 0.6) is 0 Å². The van der Waals surface area contributed by atoms with E-state index in [0.29, 0.717) is 6.04 Å². The highest BCUT2D eigenvalue weighted by Crippen LogP contribution is 2.21. The van der Waals surface area contributed by atoms with Gasteiger partial charge in [0.05, 0.1) is 0 Å². The molecule has 0 fully saturated rings. The number of nitrogens with zero attached hydrogens (tertiary/aromatic N) is 2. The number of rotatable bonds is 6. The molecule has 0 aliphatic heterocycles. The minimum Gasteiger partial charge on any atom is -0.355 e. The van der Waals surface area contributed by atoms with E-state index >= 15 is 0 Å². The summed E-state index contributed by atoms with van der Waals surface area (Å²) in [5.41, 5.74) is 2.85. The third-order valence-corrected chi connectivity index (χ3v) is 6.04. The van der Waals surface area contributed by atoms with Gasteiger partial charge < -0.3 is 15.5 Å². The molecule has 0 heterocycles. The fourth-order valence-corrected chi connectivity index (χ4v) is 3.04. The van der Waals surface area contributed by atoms with Crippen LogP contribution >= 0.6 is 11.8 Å². The third-order valence-electron chi connectivity index (χ3n) is 4.79. The Kier molecular flexibility index (Phi) is 7.38. The summed E-state index contributed by atoms with van der Waals surface area (Å²) in [6.07, 6.45) is 5.25. The van der Waals surface area contributed by atoms with E-state index in [-0.39, 0.29) is 17.2 Å². The van der Waals surface area contributed by atoms with Gasteiger partial charge in [0, 0.05) is 31.4 Å². The fraction of sp³-hybridized carbons (Fsp3) is 0.600. The van der Waals surface area contributed by atoms with Gasteiger partial charge in [-0.05, 0) is 50.5 Å². The van der Waals surface area contributed by atoms with Gasteiger partial charge in [-0.3, -0.25) is 4.79 Å². The van der Waals surface area contributed by atoms with E-state index < -0.39 is 0 Å². The molecular formula is C20H32N4OS. The average molecular weight is 377 g/mol. The van der Waals surface area contributed by atoms with Gasteiger partial charge in [0.25, 0.3) is 0 Å². The van der Waals surface area contributed by atoms with Crippen molar-refractivity contribution in [2.75, 3.05) is 33.4 Å². The number of thioether (sulfide) groups is 1. The first-order valence-electron chi connectivity index (χ1n) is 9.17. The summed E-state index contributed by atoms with van der Waals surface area (Å²) in [4.78, 5) is 18.0. The van der Waals surface area contributed by atoms with Crippen LogP contribution in [0, 0.1) is 0 Å². The van der Waals surface area contributed by atoms with Gasteiger partial charge in [0.1, 0.15) is 6.54 Å². The lowest BCUT2D eigenvalue weighted by molar-refractivity contribution is -0.127. The van der Waals surface area contributed by atoms with E-state index in [9.17, 15) is 4.79 Å². The molecule has 1 atom stereocenters. The summed E-state index contributed by atoms with van der Waals surface area (Å²) >= 11 is 1.81. The molecule has 6 heteroatoms. The number of amides is 1. The molecule has 1 unspecified atom stereocenters. The van der Waals surface area contributed by atoms with Crippen molar-refractivity contribution in [2.24, 2.45) is 4.99 Å². The van der Waals surface area contributed by atoms with E-state index in [0.717, 1.165) is 31.8 Å². The molecule has 0 spiro atoms. The SMILES string of the molecule is CSC(C)(C)CNC(=NCC(=O)N(C)C)NC1CCc2ccccc2C1. The number of aryl methyl sites for hydroxylation is 1. The molecule has 0 saturated heterocycles. The van der Waals surface area contributed by atoms with Crippen molar-refractivity contribution in [3.05, 3.63) is 35.4 Å². The molecule has 1 aromatic rings. The highest BCUT2D eigenvalue weighted by atomic mass is 32.2. The Labute approximate surface area is 162 Å². The predicted molar refractivity (Wildman–Crippen MR) is 112 cm³/mol. The zero-order chi connectivity index (χ0) is 19.2. The average Bonchev–Trinajstić information content (AvgIpc) is 2.63. The van der Waals surface area contributed by atoms with Crippen molar-refractivity contribution in [3.8, 4) is 0 Å². The Morgan fingerprint density at radius 3 is 2.65 bits per heavy atom. The Bertz CT molecular complexity index is 642. The quantitative estimate of drug-likeness (QED) is 0.591. The number of carbonyl (C=O) groups is 1. The third kappa shape index (κ3) is 6.24. The number of likely N-dealkylation sites (N-methyl/N-ethyl adjacent to an activating group) is 1. The van der Waals surface area contributed by atoms with E-state index in [4.69, 9.17) is 0 Å².